The van der Waals surface area contributed by atoms with E-state index >= 15 is 0 Å². The molecule has 0 fully saturated rings. The molecule has 0 aliphatic rings. The molecule has 0 aromatic heterocycles. The van der Waals surface area contributed by atoms with Crippen molar-refractivity contribution in [3.05, 3.63) is 29.6 Å². The second-order valence-electron chi connectivity index (χ2n) is 3.15. The third-order valence-electron chi connectivity index (χ3n) is 2.01. The van der Waals surface area contributed by atoms with Crippen molar-refractivity contribution in [1.29, 1.82) is 0 Å². The predicted octanol–water partition coefficient (Wildman–Crippen LogP) is 2.42. The Morgan fingerprint density at radius 3 is 2.87 bits per heavy atom. The van der Waals surface area contributed by atoms with Crippen LogP contribution in [-0.4, -0.2) is 19.4 Å². The van der Waals surface area contributed by atoms with Crippen molar-refractivity contribution in [3.8, 4) is 5.75 Å². The van der Waals surface area contributed by atoms with Crippen molar-refractivity contribution >= 4 is 11.8 Å². The van der Waals surface area contributed by atoms with Crippen molar-refractivity contribution in [2.24, 2.45) is 5.73 Å². The lowest BCUT2D eigenvalue weighted by molar-refractivity contribution is 0.411. The molecule has 0 atom stereocenters. The molecule has 0 aliphatic carbocycles. The minimum atomic E-state index is -0.199. The van der Waals surface area contributed by atoms with Gasteiger partial charge in [-0.05, 0) is 30.3 Å². The molecule has 4 heteroatoms. The van der Waals surface area contributed by atoms with Crippen LogP contribution in [0.4, 0.5) is 4.39 Å². The van der Waals surface area contributed by atoms with E-state index in [1.54, 1.807) is 23.9 Å². The van der Waals surface area contributed by atoms with Gasteiger partial charge in [-0.2, -0.15) is 11.8 Å². The van der Waals surface area contributed by atoms with Crippen LogP contribution in [0.5, 0.6) is 5.75 Å². The molecule has 2 nitrogen and oxygen atoms in total. The van der Waals surface area contributed by atoms with E-state index in [1.807, 2.05) is 0 Å². The molecule has 15 heavy (non-hydrogen) atoms. The zero-order valence-corrected chi connectivity index (χ0v) is 9.65. The maximum absolute atomic E-state index is 13.4. The van der Waals surface area contributed by atoms with Gasteiger partial charge in [0.2, 0.25) is 0 Å². The lowest BCUT2D eigenvalue weighted by Gasteiger charge is -2.05. The number of thioether (sulfide) groups is 1. The summed E-state index contributed by atoms with van der Waals surface area (Å²) in [4.78, 5) is 0. The number of hydrogen-bond acceptors (Lipinski definition) is 3. The van der Waals surface area contributed by atoms with Crippen LogP contribution in [0, 0.1) is 5.82 Å². The van der Waals surface area contributed by atoms with Gasteiger partial charge in [0.05, 0.1) is 7.11 Å². The summed E-state index contributed by atoms with van der Waals surface area (Å²) in [7, 11) is 1.53. The highest BCUT2D eigenvalue weighted by atomic mass is 32.2. The molecule has 1 aromatic rings. The Morgan fingerprint density at radius 2 is 2.27 bits per heavy atom. The van der Waals surface area contributed by atoms with Crippen LogP contribution in [0.1, 0.15) is 12.0 Å². The van der Waals surface area contributed by atoms with Crippen molar-refractivity contribution < 1.29 is 9.13 Å². The molecule has 1 aromatic carbocycles. The number of benzene rings is 1. The Hall–Kier alpha value is -0.740. The highest BCUT2D eigenvalue weighted by Gasteiger charge is 2.03. The van der Waals surface area contributed by atoms with Crippen molar-refractivity contribution in [2.45, 2.75) is 12.2 Å². The van der Waals surface area contributed by atoms with Gasteiger partial charge in [-0.15, -0.1) is 0 Å². The molecular weight excluding hydrogens is 213 g/mol. The normalized spacial score (nSPS) is 10.3. The first kappa shape index (κ1) is 12.3. The van der Waals surface area contributed by atoms with E-state index < -0.39 is 0 Å². The van der Waals surface area contributed by atoms with Crippen LogP contribution in [-0.2, 0) is 5.75 Å². The van der Waals surface area contributed by atoms with Crippen molar-refractivity contribution in [1.82, 2.24) is 0 Å². The van der Waals surface area contributed by atoms with Gasteiger partial charge in [0, 0.05) is 11.8 Å². The second kappa shape index (κ2) is 6.69. The van der Waals surface area contributed by atoms with E-state index in [0.29, 0.717) is 18.0 Å². The summed E-state index contributed by atoms with van der Waals surface area (Å²) < 4.78 is 18.4. The Morgan fingerprint density at radius 1 is 1.47 bits per heavy atom. The molecule has 0 spiro atoms. The molecule has 0 aliphatic heterocycles. The Balaban J connectivity index is 2.47. The Labute approximate surface area is 94.0 Å². The molecular formula is C11H16FNOS. The minimum absolute atomic E-state index is 0.199. The largest absolute Gasteiger partial charge is 0.497 e. The molecule has 1 rings (SSSR count). The van der Waals surface area contributed by atoms with E-state index in [9.17, 15) is 4.39 Å². The molecule has 0 saturated heterocycles. The lowest BCUT2D eigenvalue weighted by Crippen LogP contribution is -1.99. The number of halogens is 1. The third kappa shape index (κ3) is 4.10. The van der Waals surface area contributed by atoms with Gasteiger partial charge in [-0.3, -0.25) is 0 Å². The van der Waals surface area contributed by atoms with E-state index in [0.717, 1.165) is 17.7 Å². The molecule has 0 amide bonds. The molecule has 0 heterocycles. The number of ether oxygens (including phenoxy) is 1. The summed E-state index contributed by atoms with van der Waals surface area (Å²) in [5.41, 5.74) is 6.09. The zero-order valence-electron chi connectivity index (χ0n) is 8.83. The standard InChI is InChI=1S/C11H16FNOS/c1-14-10-4-3-9(11(12)7-10)8-15-6-2-5-13/h3-4,7H,2,5-6,8,13H2,1H3. The molecule has 2 N–H and O–H groups in total. The summed E-state index contributed by atoms with van der Waals surface area (Å²) in [5, 5.41) is 0. The summed E-state index contributed by atoms with van der Waals surface area (Å²) >= 11 is 1.70. The van der Waals surface area contributed by atoms with Gasteiger partial charge < -0.3 is 10.5 Å². The van der Waals surface area contributed by atoms with E-state index in [2.05, 4.69) is 0 Å². The second-order valence-corrected chi connectivity index (χ2v) is 4.26. The molecule has 0 radical (unpaired) electrons. The monoisotopic (exact) mass is 229 g/mol. The van der Waals surface area contributed by atoms with Crippen LogP contribution in [0.2, 0.25) is 0 Å². The summed E-state index contributed by atoms with van der Waals surface area (Å²) in [6, 6.07) is 4.96. The Bertz CT molecular complexity index is 307. The van der Waals surface area contributed by atoms with E-state index in [-0.39, 0.29) is 5.82 Å². The molecule has 0 saturated carbocycles. The summed E-state index contributed by atoms with van der Waals surface area (Å²) in [5.74, 6) is 2.02. The quantitative estimate of drug-likeness (QED) is 0.761. The molecule has 0 bridgehead atoms. The van der Waals surface area contributed by atoms with Gasteiger partial charge in [0.15, 0.2) is 0 Å². The Kier molecular flexibility index (Phi) is 5.50. The first-order valence-electron chi connectivity index (χ1n) is 4.88. The van der Waals surface area contributed by atoms with Crippen molar-refractivity contribution in [2.75, 3.05) is 19.4 Å². The average Bonchev–Trinajstić information content (AvgIpc) is 2.26. The fourth-order valence-electron chi connectivity index (χ4n) is 1.14. The topological polar surface area (TPSA) is 35.2 Å². The number of methoxy groups -OCH3 is 1. The first-order chi connectivity index (χ1) is 7.27. The molecule has 0 unspecified atom stereocenters. The number of rotatable bonds is 6. The van der Waals surface area contributed by atoms with E-state index in [4.69, 9.17) is 10.5 Å². The van der Waals surface area contributed by atoms with Gasteiger partial charge in [-0.1, -0.05) is 6.07 Å². The van der Waals surface area contributed by atoms with E-state index in [1.165, 1.54) is 13.2 Å². The highest BCUT2D eigenvalue weighted by Crippen LogP contribution is 2.20. The maximum Gasteiger partial charge on any atom is 0.130 e. The summed E-state index contributed by atoms with van der Waals surface area (Å²) in [6.07, 6.45) is 0.975. The number of hydrogen-bond donors (Lipinski definition) is 1. The highest BCUT2D eigenvalue weighted by molar-refractivity contribution is 7.98. The zero-order chi connectivity index (χ0) is 11.1. The smallest absolute Gasteiger partial charge is 0.130 e. The van der Waals surface area contributed by atoms with Crippen LogP contribution in [0.15, 0.2) is 18.2 Å². The lowest BCUT2D eigenvalue weighted by atomic mass is 10.2. The van der Waals surface area contributed by atoms with Crippen LogP contribution in [0.3, 0.4) is 0 Å². The van der Waals surface area contributed by atoms with Gasteiger partial charge in [-0.25, -0.2) is 4.39 Å². The maximum atomic E-state index is 13.4. The minimum Gasteiger partial charge on any atom is -0.497 e. The molecule has 84 valence electrons. The first-order valence-corrected chi connectivity index (χ1v) is 6.03. The van der Waals surface area contributed by atoms with Gasteiger partial charge >= 0.3 is 0 Å². The fourth-order valence-corrected chi connectivity index (χ4v) is 2.11. The van der Waals surface area contributed by atoms with Crippen LogP contribution < -0.4 is 10.5 Å². The van der Waals surface area contributed by atoms with Gasteiger partial charge in [0.1, 0.15) is 11.6 Å². The number of nitrogens with two attached hydrogens (primary N) is 1. The predicted molar refractivity (Wildman–Crippen MR) is 62.8 cm³/mol. The van der Waals surface area contributed by atoms with Crippen molar-refractivity contribution in [3.63, 3.8) is 0 Å². The van der Waals surface area contributed by atoms with Crippen LogP contribution >= 0.6 is 11.8 Å². The average molecular weight is 229 g/mol. The fraction of sp³-hybridized carbons (Fsp3) is 0.455. The SMILES string of the molecule is COc1ccc(CSCCCN)c(F)c1. The van der Waals surface area contributed by atoms with Gasteiger partial charge in [0.25, 0.3) is 0 Å². The van der Waals surface area contributed by atoms with Crippen LogP contribution in [0.25, 0.3) is 0 Å². The third-order valence-corrected chi connectivity index (χ3v) is 3.10. The summed E-state index contributed by atoms with van der Waals surface area (Å²) in [6.45, 7) is 0.693.